The summed E-state index contributed by atoms with van der Waals surface area (Å²) in [6.07, 6.45) is 5.09. The minimum absolute atomic E-state index is 0.0170. The van der Waals surface area contributed by atoms with Crippen LogP contribution in [-0.4, -0.2) is 30.9 Å². The molecule has 0 spiro atoms. The maximum atomic E-state index is 12.6. The molecule has 1 aliphatic heterocycles. The first-order valence-corrected chi connectivity index (χ1v) is 8.95. The number of hydrogen-bond donors (Lipinski definition) is 1. The molecule has 6 nitrogen and oxygen atoms in total. The molecule has 0 radical (unpaired) electrons. The summed E-state index contributed by atoms with van der Waals surface area (Å²) in [5.41, 5.74) is 3.04. The molecule has 1 atom stereocenters. The maximum absolute atomic E-state index is 12.6. The number of carbonyl (C=O) groups excluding carboxylic acids is 1. The number of para-hydroxylation sites is 1. The van der Waals surface area contributed by atoms with Crippen molar-refractivity contribution in [2.75, 3.05) is 5.32 Å². The smallest absolute Gasteiger partial charge is 0.237 e. The van der Waals surface area contributed by atoms with Gasteiger partial charge in [0.05, 0.1) is 5.25 Å². The van der Waals surface area contributed by atoms with Gasteiger partial charge in [-0.2, -0.15) is 0 Å². The molecule has 0 unspecified atom stereocenters. The number of nitrogens with one attached hydrogen (secondary N) is 1. The van der Waals surface area contributed by atoms with E-state index in [-0.39, 0.29) is 11.2 Å². The average molecular weight is 351 g/mol. The lowest BCUT2D eigenvalue weighted by Gasteiger charge is -2.12. The van der Waals surface area contributed by atoms with Gasteiger partial charge in [0.15, 0.2) is 11.0 Å². The van der Waals surface area contributed by atoms with E-state index in [9.17, 15) is 4.79 Å². The zero-order valence-electron chi connectivity index (χ0n) is 13.7. The van der Waals surface area contributed by atoms with E-state index >= 15 is 0 Å². The lowest BCUT2D eigenvalue weighted by Crippen LogP contribution is -2.24. The van der Waals surface area contributed by atoms with Crippen LogP contribution in [0, 0.1) is 0 Å². The number of hydrogen-bond acceptors (Lipinski definition) is 5. The third kappa shape index (κ3) is 3.15. The predicted molar refractivity (Wildman–Crippen MR) is 97.3 cm³/mol. The van der Waals surface area contributed by atoms with Crippen molar-refractivity contribution in [2.45, 2.75) is 23.2 Å². The number of pyridine rings is 1. The molecule has 1 aliphatic rings. The Morgan fingerprint density at radius 2 is 1.96 bits per heavy atom. The van der Waals surface area contributed by atoms with Crippen LogP contribution < -0.4 is 5.32 Å². The fourth-order valence-electron chi connectivity index (χ4n) is 2.90. The number of carbonyl (C=O) groups is 1. The summed E-state index contributed by atoms with van der Waals surface area (Å²) < 4.78 is 1.92. The van der Waals surface area contributed by atoms with Gasteiger partial charge in [0, 0.05) is 30.7 Å². The van der Waals surface area contributed by atoms with Gasteiger partial charge >= 0.3 is 0 Å². The van der Waals surface area contributed by atoms with Gasteiger partial charge in [0.25, 0.3) is 0 Å². The van der Waals surface area contributed by atoms with Crippen LogP contribution in [-0.2, 0) is 18.3 Å². The quantitative estimate of drug-likeness (QED) is 0.785. The van der Waals surface area contributed by atoms with Crippen LogP contribution in [0.25, 0.3) is 11.4 Å². The average Bonchev–Trinajstić information content (AvgIpc) is 2.92. The summed E-state index contributed by atoms with van der Waals surface area (Å²) in [4.78, 5) is 16.6. The van der Waals surface area contributed by atoms with Crippen molar-refractivity contribution in [2.24, 2.45) is 7.05 Å². The Hall–Kier alpha value is -2.67. The highest BCUT2D eigenvalue weighted by Gasteiger charge is 2.26. The topological polar surface area (TPSA) is 72.7 Å². The molecule has 3 aromatic rings. The minimum Gasteiger partial charge on any atom is -0.325 e. The lowest BCUT2D eigenvalue weighted by atomic mass is 10.1. The van der Waals surface area contributed by atoms with E-state index in [1.165, 1.54) is 17.3 Å². The third-order valence-corrected chi connectivity index (χ3v) is 5.57. The monoisotopic (exact) mass is 351 g/mol. The Morgan fingerprint density at radius 3 is 2.80 bits per heavy atom. The number of benzene rings is 1. The zero-order valence-corrected chi connectivity index (χ0v) is 14.5. The molecule has 0 fully saturated rings. The van der Waals surface area contributed by atoms with Crippen LogP contribution in [0.4, 0.5) is 5.69 Å². The normalized spacial score (nSPS) is 16.8. The Bertz CT molecular complexity index is 909. The number of rotatable bonds is 3. The van der Waals surface area contributed by atoms with Crippen LogP contribution in [0.3, 0.4) is 0 Å². The Kier molecular flexibility index (Phi) is 4.23. The van der Waals surface area contributed by atoms with Crippen molar-refractivity contribution in [3.8, 4) is 11.4 Å². The number of aromatic nitrogens is 4. The highest BCUT2D eigenvalue weighted by atomic mass is 32.2. The fraction of sp³-hybridized carbons (Fsp3) is 0.222. The second-order valence-electron chi connectivity index (χ2n) is 5.89. The van der Waals surface area contributed by atoms with E-state index in [1.54, 1.807) is 12.4 Å². The predicted octanol–water partition coefficient (Wildman–Crippen LogP) is 2.92. The molecule has 3 heterocycles. The SMILES string of the molecule is Cn1c(S[C@H]2CCc3ccccc3NC2=O)nnc1-c1ccncc1. The summed E-state index contributed by atoms with van der Waals surface area (Å²) in [6, 6.07) is 11.7. The number of fused-ring (bicyclic) bond motifs is 1. The van der Waals surface area contributed by atoms with Gasteiger partial charge in [-0.1, -0.05) is 30.0 Å². The molecule has 126 valence electrons. The van der Waals surface area contributed by atoms with Crippen LogP contribution in [0.2, 0.25) is 0 Å². The first-order valence-electron chi connectivity index (χ1n) is 8.07. The third-order valence-electron chi connectivity index (χ3n) is 4.26. The van der Waals surface area contributed by atoms with Gasteiger partial charge in [0.2, 0.25) is 5.91 Å². The number of aryl methyl sites for hydroxylation is 1. The molecule has 1 amide bonds. The molecule has 0 saturated heterocycles. The highest BCUT2D eigenvalue weighted by Crippen LogP contribution is 2.31. The first kappa shape index (κ1) is 15.8. The lowest BCUT2D eigenvalue weighted by molar-refractivity contribution is -0.115. The van der Waals surface area contributed by atoms with Crippen LogP contribution in [0.1, 0.15) is 12.0 Å². The number of anilines is 1. The van der Waals surface area contributed by atoms with Crippen LogP contribution in [0.15, 0.2) is 53.9 Å². The summed E-state index contributed by atoms with van der Waals surface area (Å²) in [5.74, 6) is 0.783. The molecule has 0 bridgehead atoms. The summed E-state index contributed by atoms with van der Waals surface area (Å²) in [5, 5.41) is 12.1. The molecule has 1 aromatic carbocycles. The molecule has 25 heavy (non-hydrogen) atoms. The number of thioether (sulfide) groups is 1. The Labute approximate surface area is 149 Å². The minimum atomic E-state index is -0.194. The van der Waals surface area contributed by atoms with Crippen molar-refractivity contribution in [1.82, 2.24) is 19.7 Å². The van der Waals surface area contributed by atoms with Gasteiger partial charge in [-0.15, -0.1) is 10.2 Å². The first-order chi connectivity index (χ1) is 12.2. The van der Waals surface area contributed by atoms with Gasteiger partial charge in [0.1, 0.15) is 0 Å². The fourth-order valence-corrected chi connectivity index (χ4v) is 3.89. The largest absolute Gasteiger partial charge is 0.325 e. The second-order valence-corrected chi connectivity index (χ2v) is 7.06. The molecule has 1 N–H and O–H groups in total. The van der Waals surface area contributed by atoms with E-state index in [4.69, 9.17) is 0 Å². The highest BCUT2D eigenvalue weighted by molar-refractivity contribution is 8.00. The van der Waals surface area contributed by atoms with Crippen molar-refractivity contribution < 1.29 is 4.79 Å². The van der Waals surface area contributed by atoms with E-state index in [0.717, 1.165) is 35.1 Å². The molecule has 4 rings (SSSR count). The Morgan fingerprint density at radius 1 is 1.16 bits per heavy atom. The molecular weight excluding hydrogens is 334 g/mol. The molecule has 7 heteroatoms. The summed E-state index contributed by atoms with van der Waals surface area (Å²) in [6.45, 7) is 0. The van der Waals surface area contributed by atoms with E-state index < -0.39 is 0 Å². The van der Waals surface area contributed by atoms with Gasteiger partial charge in [-0.05, 0) is 36.6 Å². The van der Waals surface area contributed by atoms with Crippen molar-refractivity contribution >= 4 is 23.4 Å². The van der Waals surface area contributed by atoms with Crippen molar-refractivity contribution in [1.29, 1.82) is 0 Å². The van der Waals surface area contributed by atoms with Gasteiger partial charge in [-0.3, -0.25) is 9.78 Å². The van der Waals surface area contributed by atoms with Gasteiger partial charge < -0.3 is 9.88 Å². The van der Waals surface area contributed by atoms with E-state index in [2.05, 4.69) is 26.6 Å². The van der Waals surface area contributed by atoms with E-state index in [1.807, 2.05) is 41.9 Å². The summed E-state index contributed by atoms with van der Waals surface area (Å²) in [7, 11) is 1.92. The number of amides is 1. The van der Waals surface area contributed by atoms with E-state index in [0.29, 0.717) is 0 Å². The summed E-state index contributed by atoms with van der Waals surface area (Å²) >= 11 is 1.46. The molecule has 2 aromatic heterocycles. The van der Waals surface area contributed by atoms with Crippen LogP contribution in [0.5, 0.6) is 0 Å². The van der Waals surface area contributed by atoms with Gasteiger partial charge in [-0.25, -0.2) is 0 Å². The number of nitrogens with zero attached hydrogens (tertiary/aromatic N) is 4. The maximum Gasteiger partial charge on any atom is 0.237 e. The van der Waals surface area contributed by atoms with Crippen LogP contribution >= 0.6 is 11.8 Å². The molecular formula is C18H17N5OS. The van der Waals surface area contributed by atoms with Crippen molar-refractivity contribution in [3.63, 3.8) is 0 Å². The standard InChI is InChI=1S/C18H17N5OS/c1-23-16(13-8-10-19-11-9-13)21-22-18(23)25-15-7-6-12-4-2-3-5-14(12)20-17(15)24/h2-5,8-11,15H,6-7H2,1H3,(H,20,24)/t15-/m0/s1. The zero-order chi connectivity index (χ0) is 17.2. The molecule has 0 saturated carbocycles. The van der Waals surface area contributed by atoms with Crippen molar-refractivity contribution in [3.05, 3.63) is 54.4 Å². The second kappa shape index (κ2) is 6.68. The Balaban J connectivity index is 1.55. The molecule has 0 aliphatic carbocycles.